The molecule has 1 unspecified atom stereocenters. The average molecular weight is 257 g/mol. The summed E-state index contributed by atoms with van der Waals surface area (Å²) >= 11 is 0. The fourth-order valence-corrected chi connectivity index (χ4v) is 1.59. The number of benzene rings is 1. The summed E-state index contributed by atoms with van der Waals surface area (Å²) in [6.07, 6.45) is -4.80. The molecular formula is C11H10F3N3O. The quantitative estimate of drug-likeness (QED) is 0.456. The van der Waals surface area contributed by atoms with E-state index in [0.29, 0.717) is 0 Å². The molecule has 18 heavy (non-hydrogen) atoms. The zero-order valence-electron chi connectivity index (χ0n) is 9.48. The normalized spacial score (nSPS) is 12.7. The van der Waals surface area contributed by atoms with Gasteiger partial charge in [-0.05, 0) is 24.1 Å². The number of hydrogen-bond donors (Lipinski definition) is 0. The minimum atomic E-state index is -4.55. The lowest BCUT2D eigenvalue weighted by Crippen LogP contribution is -2.12. The molecule has 0 amide bonds. The van der Waals surface area contributed by atoms with E-state index in [2.05, 4.69) is 10.0 Å². The Labute approximate surface area is 101 Å². The number of Topliss-reactive ketones (excluding diaryl/α,β-unsaturated/α-hetero) is 1. The molecule has 0 fully saturated rings. The van der Waals surface area contributed by atoms with Crippen LogP contribution in [0.25, 0.3) is 10.4 Å². The van der Waals surface area contributed by atoms with E-state index in [0.717, 1.165) is 6.07 Å². The Bertz CT molecular complexity index is 493. The van der Waals surface area contributed by atoms with Crippen LogP contribution < -0.4 is 0 Å². The Morgan fingerprint density at radius 3 is 2.56 bits per heavy atom. The fourth-order valence-electron chi connectivity index (χ4n) is 1.59. The fraction of sp³-hybridized carbons (Fsp3) is 0.364. The SMILES string of the molecule is CC(=O)CC(N=[N+]=[N-])c1ccccc1C(F)(F)F. The predicted octanol–water partition coefficient (Wildman–Crippen LogP) is 4.04. The summed E-state index contributed by atoms with van der Waals surface area (Å²) in [5.74, 6) is -0.343. The van der Waals surface area contributed by atoms with Crippen molar-refractivity contribution in [1.29, 1.82) is 0 Å². The Morgan fingerprint density at radius 2 is 2.06 bits per heavy atom. The van der Waals surface area contributed by atoms with Crippen molar-refractivity contribution in [3.05, 3.63) is 45.8 Å². The average Bonchev–Trinajstić information content (AvgIpc) is 2.27. The maximum absolute atomic E-state index is 12.8. The number of hydrogen-bond acceptors (Lipinski definition) is 2. The number of azide groups is 1. The van der Waals surface area contributed by atoms with E-state index < -0.39 is 17.8 Å². The lowest BCUT2D eigenvalue weighted by Gasteiger charge is -2.16. The van der Waals surface area contributed by atoms with Gasteiger partial charge in [-0.3, -0.25) is 0 Å². The minimum absolute atomic E-state index is 0.182. The first kappa shape index (κ1) is 14.1. The summed E-state index contributed by atoms with van der Waals surface area (Å²) < 4.78 is 38.3. The summed E-state index contributed by atoms with van der Waals surface area (Å²) in [7, 11) is 0. The molecule has 96 valence electrons. The number of ketones is 1. The van der Waals surface area contributed by atoms with Gasteiger partial charge in [-0.15, -0.1) is 0 Å². The highest BCUT2D eigenvalue weighted by molar-refractivity contribution is 5.76. The van der Waals surface area contributed by atoms with Gasteiger partial charge in [-0.1, -0.05) is 23.3 Å². The first-order valence-corrected chi connectivity index (χ1v) is 5.06. The van der Waals surface area contributed by atoms with Crippen LogP contribution in [0.1, 0.15) is 30.5 Å². The summed E-state index contributed by atoms with van der Waals surface area (Å²) in [5, 5.41) is 3.27. The van der Waals surface area contributed by atoms with Gasteiger partial charge in [-0.25, -0.2) is 0 Å². The van der Waals surface area contributed by atoms with Crippen LogP contribution in [-0.4, -0.2) is 5.78 Å². The molecule has 0 radical (unpaired) electrons. The molecule has 0 bridgehead atoms. The number of alkyl halides is 3. The molecule has 4 nitrogen and oxygen atoms in total. The third-order valence-electron chi connectivity index (χ3n) is 2.30. The number of rotatable bonds is 4. The molecule has 1 atom stereocenters. The van der Waals surface area contributed by atoms with Gasteiger partial charge in [0.15, 0.2) is 0 Å². The van der Waals surface area contributed by atoms with Gasteiger partial charge >= 0.3 is 6.18 Å². The van der Waals surface area contributed by atoms with Crippen LogP contribution in [0.5, 0.6) is 0 Å². The second kappa shape index (κ2) is 5.55. The number of carbonyl (C=O) groups excluding carboxylic acids is 1. The molecule has 1 rings (SSSR count). The standard InChI is InChI=1S/C11H10F3N3O/c1-7(18)6-10(16-17-15)8-4-2-3-5-9(8)11(12,13)14/h2-5,10H,6H2,1H3. The second-order valence-electron chi connectivity index (χ2n) is 3.71. The minimum Gasteiger partial charge on any atom is -0.300 e. The van der Waals surface area contributed by atoms with Crippen LogP contribution in [0, 0.1) is 0 Å². The van der Waals surface area contributed by atoms with Crippen LogP contribution >= 0.6 is 0 Å². The van der Waals surface area contributed by atoms with Crippen molar-refractivity contribution >= 4 is 5.78 Å². The summed E-state index contributed by atoms with van der Waals surface area (Å²) in [5.41, 5.74) is 7.30. The summed E-state index contributed by atoms with van der Waals surface area (Å²) in [6.45, 7) is 1.23. The van der Waals surface area contributed by atoms with Crippen molar-refractivity contribution in [2.24, 2.45) is 5.11 Å². The zero-order chi connectivity index (χ0) is 13.8. The highest BCUT2D eigenvalue weighted by Crippen LogP contribution is 2.36. The molecule has 0 aromatic heterocycles. The van der Waals surface area contributed by atoms with E-state index in [1.165, 1.54) is 25.1 Å². The van der Waals surface area contributed by atoms with E-state index in [-0.39, 0.29) is 17.8 Å². The van der Waals surface area contributed by atoms with Crippen LogP contribution in [-0.2, 0) is 11.0 Å². The molecule has 0 aliphatic heterocycles. The van der Waals surface area contributed by atoms with E-state index in [1.54, 1.807) is 0 Å². The van der Waals surface area contributed by atoms with Crippen LogP contribution in [0.3, 0.4) is 0 Å². The molecule has 0 saturated heterocycles. The van der Waals surface area contributed by atoms with Gasteiger partial charge in [0.25, 0.3) is 0 Å². The second-order valence-corrected chi connectivity index (χ2v) is 3.71. The van der Waals surface area contributed by atoms with Gasteiger partial charge in [0, 0.05) is 11.3 Å². The molecule has 0 saturated carbocycles. The van der Waals surface area contributed by atoms with Gasteiger partial charge in [0.1, 0.15) is 5.78 Å². The molecule has 1 aromatic carbocycles. The smallest absolute Gasteiger partial charge is 0.300 e. The van der Waals surface area contributed by atoms with Crippen molar-refractivity contribution in [1.82, 2.24) is 0 Å². The Hall–Kier alpha value is -2.01. The van der Waals surface area contributed by atoms with E-state index >= 15 is 0 Å². The van der Waals surface area contributed by atoms with E-state index in [4.69, 9.17) is 5.53 Å². The lowest BCUT2D eigenvalue weighted by atomic mass is 9.97. The maximum atomic E-state index is 12.8. The monoisotopic (exact) mass is 257 g/mol. The van der Waals surface area contributed by atoms with Gasteiger partial charge < -0.3 is 4.79 Å². The van der Waals surface area contributed by atoms with E-state index in [1.807, 2.05) is 0 Å². The molecule has 7 heteroatoms. The number of halogens is 3. The van der Waals surface area contributed by atoms with Crippen molar-refractivity contribution < 1.29 is 18.0 Å². The Kier molecular flexibility index (Phi) is 4.33. The molecular weight excluding hydrogens is 247 g/mol. The number of nitrogens with zero attached hydrogens (tertiary/aromatic N) is 3. The highest BCUT2D eigenvalue weighted by atomic mass is 19.4. The zero-order valence-corrected chi connectivity index (χ0v) is 9.48. The largest absolute Gasteiger partial charge is 0.416 e. The van der Waals surface area contributed by atoms with E-state index in [9.17, 15) is 18.0 Å². The summed E-state index contributed by atoms with van der Waals surface area (Å²) in [6, 6.07) is 3.63. The lowest BCUT2D eigenvalue weighted by molar-refractivity contribution is -0.138. The Morgan fingerprint density at radius 1 is 1.44 bits per heavy atom. The first-order valence-electron chi connectivity index (χ1n) is 5.06. The maximum Gasteiger partial charge on any atom is 0.416 e. The third-order valence-corrected chi connectivity index (χ3v) is 2.30. The van der Waals surface area contributed by atoms with Crippen molar-refractivity contribution in [3.63, 3.8) is 0 Å². The molecule has 0 heterocycles. The summed E-state index contributed by atoms with van der Waals surface area (Å²) in [4.78, 5) is 13.5. The van der Waals surface area contributed by atoms with Gasteiger partial charge in [0.2, 0.25) is 0 Å². The van der Waals surface area contributed by atoms with Crippen LogP contribution in [0.15, 0.2) is 29.4 Å². The third kappa shape index (κ3) is 3.49. The van der Waals surface area contributed by atoms with Gasteiger partial charge in [-0.2, -0.15) is 13.2 Å². The van der Waals surface area contributed by atoms with Crippen LogP contribution in [0.4, 0.5) is 13.2 Å². The van der Waals surface area contributed by atoms with Crippen LogP contribution in [0.2, 0.25) is 0 Å². The van der Waals surface area contributed by atoms with Crippen molar-refractivity contribution in [2.75, 3.05) is 0 Å². The van der Waals surface area contributed by atoms with Crippen molar-refractivity contribution in [2.45, 2.75) is 25.6 Å². The highest BCUT2D eigenvalue weighted by Gasteiger charge is 2.34. The molecule has 0 aliphatic rings. The first-order chi connectivity index (χ1) is 8.36. The molecule has 0 spiro atoms. The Balaban J connectivity index is 3.28. The van der Waals surface area contributed by atoms with Gasteiger partial charge in [0.05, 0.1) is 11.6 Å². The molecule has 1 aromatic rings. The number of carbonyl (C=O) groups is 1. The van der Waals surface area contributed by atoms with Crippen molar-refractivity contribution in [3.8, 4) is 0 Å². The molecule has 0 N–H and O–H groups in total. The molecule has 0 aliphatic carbocycles. The topological polar surface area (TPSA) is 65.8 Å². The predicted molar refractivity (Wildman–Crippen MR) is 58.6 cm³/mol.